The normalized spacial score (nSPS) is 16.2. The number of imidazole rings is 1. The third kappa shape index (κ3) is 4.37. The molecule has 6 heteroatoms. The Bertz CT molecular complexity index is 721. The number of nitrogens with one attached hydrogen (secondary N) is 1. The number of ether oxygens (including phenoxy) is 1. The maximum Gasteiger partial charge on any atom is 0.226 e. The van der Waals surface area contributed by atoms with Crippen LogP contribution in [0.3, 0.4) is 0 Å². The molecule has 1 amide bonds. The Kier molecular flexibility index (Phi) is 5.68. The van der Waals surface area contributed by atoms with Crippen LogP contribution in [0.15, 0.2) is 18.3 Å². The average molecular weight is 344 g/mol. The third-order valence-electron chi connectivity index (χ3n) is 4.74. The van der Waals surface area contributed by atoms with Crippen molar-refractivity contribution in [2.24, 2.45) is 5.92 Å². The number of hydrogen-bond donors (Lipinski definition) is 1. The Morgan fingerprint density at radius 2 is 2.20 bits per heavy atom. The standard InChI is InChI=1S/C19H28N4O2/c1-13(2)25-11-9-14(3)12-17(24)22-19-21-16-8-5-10-20-18(16)23(19)15-6-4-7-15/h5,8,10,13-15H,4,6-7,9,11-12H2,1-3H3,(H,21,22,24). The third-order valence-corrected chi connectivity index (χ3v) is 4.74. The fourth-order valence-corrected chi connectivity index (χ4v) is 3.11. The molecule has 1 unspecified atom stereocenters. The quantitative estimate of drug-likeness (QED) is 0.787. The monoisotopic (exact) mass is 344 g/mol. The largest absolute Gasteiger partial charge is 0.379 e. The minimum absolute atomic E-state index is 0.00734. The molecule has 1 aliphatic rings. The van der Waals surface area contributed by atoms with Gasteiger partial charge in [-0.1, -0.05) is 6.92 Å². The molecular formula is C19H28N4O2. The number of rotatable bonds is 8. The Morgan fingerprint density at radius 1 is 1.40 bits per heavy atom. The number of hydrogen-bond acceptors (Lipinski definition) is 4. The Morgan fingerprint density at radius 3 is 2.88 bits per heavy atom. The topological polar surface area (TPSA) is 69.0 Å². The molecule has 6 nitrogen and oxygen atoms in total. The van der Waals surface area contributed by atoms with Gasteiger partial charge in [0.2, 0.25) is 11.9 Å². The van der Waals surface area contributed by atoms with Crippen molar-refractivity contribution >= 4 is 23.0 Å². The van der Waals surface area contributed by atoms with Gasteiger partial charge in [0.1, 0.15) is 5.52 Å². The highest BCUT2D eigenvalue weighted by atomic mass is 16.5. The van der Waals surface area contributed by atoms with Gasteiger partial charge in [0.05, 0.1) is 6.10 Å². The van der Waals surface area contributed by atoms with E-state index >= 15 is 0 Å². The van der Waals surface area contributed by atoms with Crippen molar-refractivity contribution in [3.05, 3.63) is 18.3 Å². The van der Waals surface area contributed by atoms with Crippen LogP contribution in [-0.2, 0) is 9.53 Å². The van der Waals surface area contributed by atoms with Gasteiger partial charge in [-0.05, 0) is 57.6 Å². The summed E-state index contributed by atoms with van der Waals surface area (Å²) in [4.78, 5) is 21.5. The van der Waals surface area contributed by atoms with Gasteiger partial charge in [0, 0.05) is 25.3 Å². The summed E-state index contributed by atoms with van der Waals surface area (Å²) >= 11 is 0. The molecular weight excluding hydrogens is 316 g/mol. The van der Waals surface area contributed by atoms with E-state index in [2.05, 4.69) is 26.8 Å². The Balaban J connectivity index is 1.65. The van der Waals surface area contributed by atoms with Crippen molar-refractivity contribution < 1.29 is 9.53 Å². The first kappa shape index (κ1) is 17.9. The molecule has 1 atom stereocenters. The molecule has 2 aromatic rings. The molecule has 0 bridgehead atoms. The summed E-state index contributed by atoms with van der Waals surface area (Å²) in [6, 6.07) is 4.22. The highest BCUT2D eigenvalue weighted by Gasteiger charge is 2.26. The lowest BCUT2D eigenvalue weighted by Gasteiger charge is -2.28. The van der Waals surface area contributed by atoms with E-state index in [1.807, 2.05) is 26.0 Å². The smallest absolute Gasteiger partial charge is 0.226 e. The number of fused-ring (bicyclic) bond motifs is 1. The van der Waals surface area contributed by atoms with E-state index in [4.69, 9.17) is 4.74 Å². The summed E-state index contributed by atoms with van der Waals surface area (Å²) in [5.41, 5.74) is 1.70. The van der Waals surface area contributed by atoms with Gasteiger partial charge in [-0.25, -0.2) is 9.97 Å². The summed E-state index contributed by atoms with van der Waals surface area (Å²) in [6.07, 6.45) is 6.83. The second-order valence-electron chi connectivity index (χ2n) is 7.30. The van der Waals surface area contributed by atoms with Gasteiger partial charge in [-0.3, -0.25) is 14.7 Å². The second-order valence-corrected chi connectivity index (χ2v) is 7.30. The predicted molar refractivity (Wildman–Crippen MR) is 98.5 cm³/mol. The van der Waals surface area contributed by atoms with Crippen molar-refractivity contribution in [1.29, 1.82) is 0 Å². The molecule has 25 heavy (non-hydrogen) atoms. The zero-order valence-electron chi connectivity index (χ0n) is 15.4. The number of amides is 1. The lowest BCUT2D eigenvalue weighted by Crippen LogP contribution is -2.23. The summed E-state index contributed by atoms with van der Waals surface area (Å²) in [5.74, 6) is 0.917. The van der Waals surface area contributed by atoms with Crippen LogP contribution in [0.1, 0.15) is 58.9 Å². The van der Waals surface area contributed by atoms with Crippen LogP contribution in [0.2, 0.25) is 0 Å². The molecule has 3 rings (SSSR count). The number of nitrogens with zero attached hydrogens (tertiary/aromatic N) is 3. The molecule has 2 heterocycles. The minimum atomic E-state index is 0.00734. The van der Waals surface area contributed by atoms with Crippen molar-refractivity contribution in [1.82, 2.24) is 14.5 Å². The highest BCUT2D eigenvalue weighted by molar-refractivity contribution is 5.91. The summed E-state index contributed by atoms with van der Waals surface area (Å²) in [7, 11) is 0. The van der Waals surface area contributed by atoms with Crippen molar-refractivity contribution in [2.45, 2.75) is 65.0 Å². The van der Waals surface area contributed by atoms with Crippen molar-refractivity contribution in [2.75, 3.05) is 11.9 Å². The molecule has 1 N–H and O–H groups in total. The van der Waals surface area contributed by atoms with Crippen LogP contribution in [0.5, 0.6) is 0 Å². The van der Waals surface area contributed by atoms with Gasteiger partial charge in [-0.15, -0.1) is 0 Å². The first-order chi connectivity index (χ1) is 12.0. The first-order valence-electron chi connectivity index (χ1n) is 9.29. The SMILES string of the molecule is CC(CCOC(C)C)CC(=O)Nc1nc2cccnc2n1C1CCC1. The molecule has 0 aromatic carbocycles. The van der Waals surface area contributed by atoms with Crippen LogP contribution in [0.25, 0.3) is 11.2 Å². The van der Waals surface area contributed by atoms with Gasteiger partial charge >= 0.3 is 0 Å². The van der Waals surface area contributed by atoms with Crippen LogP contribution in [-0.4, -0.2) is 33.2 Å². The molecule has 1 fully saturated rings. The Hall–Kier alpha value is -1.95. The molecule has 1 aliphatic carbocycles. The fraction of sp³-hybridized carbons (Fsp3) is 0.632. The fourth-order valence-electron chi connectivity index (χ4n) is 3.11. The maximum atomic E-state index is 12.5. The minimum Gasteiger partial charge on any atom is -0.379 e. The first-order valence-corrected chi connectivity index (χ1v) is 9.29. The second kappa shape index (κ2) is 7.95. The van der Waals surface area contributed by atoms with Crippen LogP contribution < -0.4 is 5.32 Å². The zero-order chi connectivity index (χ0) is 17.8. The van der Waals surface area contributed by atoms with Gasteiger partial charge in [-0.2, -0.15) is 0 Å². The summed E-state index contributed by atoms with van der Waals surface area (Å²) in [5, 5.41) is 3.01. The number of pyridine rings is 1. The molecule has 0 saturated heterocycles. The molecule has 136 valence electrons. The zero-order valence-corrected chi connectivity index (χ0v) is 15.4. The number of anilines is 1. The van der Waals surface area contributed by atoms with E-state index in [9.17, 15) is 4.79 Å². The molecule has 0 radical (unpaired) electrons. The van der Waals surface area contributed by atoms with E-state index in [1.54, 1.807) is 6.20 Å². The maximum absolute atomic E-state index is 12.5. The van der Waals surface area contributed by atoms with E-state index in [-0.39, 0.29) is 17.9 Å². The molecule has 1 saturated carbocycles. The molecule has 2 aromatic heterocycles. The van der Waals surface area contributed by atoms with Crippen molar-refractivity contribution in [3.8, 4) is 0 Å². The summed E-state index contributed by atoms with van der Waals surface area (Å²) in [6.45, 7) is 6.82. The number of aromatic nitrogens is 3. The van der Waals surface area contributed by atoms with E-state index in [0.717, 1.165) is 30.4 Å². The number of carbonyl (C=O) groups excluding carboxylic acids is 1. The van der Waals surface area contributed by atoms with Gasteiger partial charge in [0.25, 0.3) is 0 Å². The molecule has 0 spiro atoms. The Labute approximate surface area is 149 Å². The number of carbonyl (C=O) groups is 1. The predicted octanol–water partition coefficient (Wildman–Crippen LogP) is 3.94. The lowest BCUT2D eigenvalue weighted by molar-refractivity contribution is -0.117. The van der Waals surface area contributed by atoms with E-state index < -0.39 is 0 Å². The van der Waals surface area contributed by atoms with Gasteiger partial charge in [0.15, 0.2) is 5.65 Å². The van der Waals surface area contributed by atoms with Crippen LogP contribution in [0.4, 0.5) is 5.95 Å². The van der Waals surface area contributed by atoms with Crippen LogP contribution >= 0.6 is 0 Å². The lowest BCUT2D eigenvalue weighted by atomic mass is 9.93. The average Bonchev–Trinajstić information content (AvgIpc) is 2.83. The van der Waals surface area contributed by atoms with Crippen LogP contribution in [0, 0.1) is 5.92 Å². The molecule has 0 aliphatic heterocycles. The van der Waals surface area contributed by atoms with E-state index in [0.29, 0.717) is 25.0 Å². The van der Waals surface area contributed by atoms with Gasteiger partial charge < -0.3 is 4.74 Å². The summed E-state index contributed by atoms with van der Waals surface area (Å²) < 4.78 is 7.67. The highest BCUT2D eigenvalue weighted by Crippen LogP contribution is 2.36. The van der Waals surface area contributed by atoms with E-state index in [1.165, 1.54) is 6.42 Å². The van der Waals surface area contributed by atoms with Crippen molar-refractivity contribution in [3.63, 3.8) is 0 Å².